The summed E-state index contributed by atoms with van der Waals surface area (Å²) in [6, 6.07) is 0. The molecule has 4 nitrogen and oxygen atoms in total. The van der Waals surface area contributed by atoms with Crippen molar-refractivity contribution >= 4 is 11.9 Å². The molecule has 0 radical (unpaired) electrons. The minimum absolute atomic E-state index is 0.0453. The molecule has 0 atom stereocenters. The summed E-state index contributed by atoms with van der Waals surface area (Å²) in [7, 11) is 0. The number of carbonyl (C=O) groups excluding carboxylic acids is 2. The van der Waals surface area contributed by atoms with Crippen LogP contribution in [0.5, 0.6) is 0 Å². The highest BCUT2D eigenvalue weighted by molar-refractivity contribution is 5.69. The zero-order valence-corrected chi connectivity index (χ0v) is 32.5. The Balaban J connectivity index is 3.25. The van der Waals surface area contributed by atoms with Crippen LogP contribution in [0.3, 0.4) is 0 Å². The van der Waals surface area contributed by atoms with Crippen LogP contribution in [0.15, 0.2) is 0 Å². The highest BCUT2D eigenvalue weighted by atomic mass is 16.5. The van der Waals surface area contributed by atoms with E-state index in [2.05, 4.69) is 27.7 Å². The van der Waals surface area contributed by atoms with Gasteiger partial charge in [0.25, 0.3) is 0 Å². The molecule has 0 saturated heterocycles. The highest BCUT2D eigenvalue weighted by Gasteiger charge is 2.05. The predicted octanol–water partition coefficient (Wildman–Crippen LogP) is 14.3. The van der Waals surface area contributed by atoms with E-state index in [1.165, 1.54) is 154 Å². The van der Waals surface area contributed by atoms with Crippen molar-refractivity contribution in [3.05, 3.63) is 0 Å². The van der Waals surface area contributed by atoms with Gasteiger partial charge in [-0.2, -0.15) is 0 Å². The van der Waals surface area contributed by atoms with Gasteiger partial charge < -0.3 is 9.47 Å². The molecule has 0 spiro atoms. The molecule has 0 fully saturated rings. The second-order valence-electron chi connectivity index (χ2n) is 15.6. The lowest BCUT2D eigenvalue weighted by Crippen LogP contribution is -2.06. The second kappa shape index (κ2) is 37.8. The molecular formula is C43H84O4. The lowest BCUT2D eigenvalue weighted by Gasteiger charge is -2.06. The van der Waals surface area contributed by atoms with Crippen LogP contribution in [0, 0.1) is 11.8 Å². The molecule has 0 aliphatic heterocycles. The highest BCUT2D eigenvalue weighted by Crippen LogP contribution is 2.16. The summed E-state index contributed by atoms with van der Waals surface area (Å²) in [5, 5.41) is 0. The number of unbranched alkanes of at least 4 members (excludes halogenated alkanes) is 26. The van der Waals surface area contributed by atoms with Gasteiger partial charge in [-0.1, -0.05) is 201 Å². The summed E-state index contributed by atoms with van der Waals surface area (Å²) in [6.45, 7) is 10.4. The lowest BCUT2D eigenvalue weighted by molar-refractivity contribution is -0.144. The van der Waals surface area contributed by atoms with Gasteiger partial charge in [-0.05, 0) is 37.5 Å². The molecule has 0 N–H and O–H groups in total. The fraction of sp³-hybridized carbons (Fsp3) is 0.953. The van der Waals surface area contributed by atoms with Crippen LogP contribution in [0.2, 0.25) is 0 Å². The molecular weight excluding hydrogens is 580 g/mol. The molecule has 0 saturated carbocycles. The molecule has 0 heterocycles. The van der Waals surface area contributed by atoms with Gasteiger partial charge >= 0.3 is 11.9 Å². The molecule has 0 aliphatic carbocycles. The number of ether oxygens (including phenoxy) is 2. The first kappa shape index (κ1) is 45.9. The van der Waals surface area contributed by atoms with Gasteiger partial charge in [-0.3, -0.25) is 9.59 Å². The summed E-state index contributed by atoms with van der Waals surface area (Å²) >= 11 is 0. The van der Waals surface area contributed by atoms with E-state index in [1.54, 1.807) is 0 Å². The monoisotopic (exact) mass is 665 g/mol. The Labute approximate surface area is 295 Å². The number of hydrogen-bond acceptors (Lipinski definition) is 4. The van der Waals surface area contributed by atoms with E-state index in [9.17, 15) is 9.59 Å². The quantitative estimate of drug-likeness (QED) is 0.0487. The van der Waals surface area contributed by atoms with Crippen LogP contribution in [0.1, 0.15) is 240 Å². The van der Waals surface area contributed by atoms with Crippen LogP contribution in [-0.4, -0.2) is 25.2 Å². The molecule has 0 aromatic rings. The van der Waals surface area contributed by atoms with Crippen molar-refractivity contribution in [3.8, 4) is 0 Å². The lowest BCUT2D eigenvalue weighted by atomic mass is 10.0. The maximum absolute atomic E-state index is 12.0. The Bertz CT molecular complexity index is 590. The first-order valence-electron chi connectivity index (χ1n) is 21.2. The zero-order chi connectivity index (χ0) is 34.5. The summed E-state index contributed by atoms with van der Waals surface area (Å²) in [5.74, 6) is 1.63. The van der Waals surface area contributed by atoms with Gasteiger partial charge in [0.05, 0.1) is 13.2 Å². The maximum Gasteiger partial charge on any atom is 0.305 e. The number of hydrogen-bond donors (Lipinski definition) is 0. The molecule has 0 aromatic carbocycles. The second-order valence-corrected chi connectivity index (χ2v) is 15.6. The van der Waals surface area contributed by atoms with Gasteiger partial charge in [0.2, 0.25) is 0 Å². The van der Waals surface area contributed by atoms with Crippen molar-refractivity contribution in [2.45, 2.75) is 240 Å². The van der Waals surface area contributed by atoms with Crippen LogP contribution in [0.4, 0.5) is 0 Å². The summed E-state index contributed by atoms with van der Waals surface area (Å²) in [5.41, 5.74) is 0. The first-order chi connectivity index (χ1) is 22.9. The number of esters is 2. The van der Waals surface area contributed by atoms with Crippen molar-refractivity contribution in [2.24, 2.45) is 11.8 Å². The average molecular weight is 665 g/mol. The van der Waals surface area contributed by atoms with E-state index in [4.69, 9.17) is 9.47 Å². The molecule has 0 bridgehead atoms. The van der Waals surface area contributed by atoms with Crippen molar-refractivity contribution in [2.75, 3.05) is 13.2 Å². The Hall–Kier alpha value is -1.06. The Kier molecular flexibility index (Phi) is 36.9. The summed E-state index contributed by atoms with van der Waals surface area (Å²) < 4.78 is 10.8. The van der Waals surface area contributed by atoms with Crippen molar-refractivity contribution < 1.29 is 19.1 Å². The molecule has 0 aliphatic rings. The third-order valence-corrected chi connectivity index (χ3v) is 9.64. The molecule has 0 aromatic heterocycles. The zero-order valence-electron chi connectivity index (χ0n) is 32.5. The van der Waals surface area contributed by atoms with Crippen molar-refractivity contribution in [3.63, 3.8) is 0 Å². The Morgan fingerprint density at radius 1 is 0.319 bits per heavy atom. The van der Waals surface area contributed by atoms with E-state index >= 15 is 0 Å². The van der Waals surface area contributed by atoms with E-state index in [1.807, 2.05) is 0 Å². The third-order valence-electron chi connectivity index (χ3n) is 9.64. The van der Waals surface area contributed by atoms with Crippen LogP contribution in [-0.2, 0) is 19.1 Å². The molecule has 4 heteroatoms. The van der Waals surface area contributed by atoms with Crippen molar-refractivity contribution in [1.82, 2.24) is 0 Å². The average Bonchev–Trinajstić information content (AvgIpc) is 3.03. The number of carbonyl (C=O) groups is 2. The van der Waals surface area contributed by atoms with E-state index < -0.39 is 0 Å². The molecule has 0 amide bonds. The van der Waals surface area contributed by atoms with E-state index in [0.29, 0.717) is 26.1 Å². The number of rotatable bonds is 38. The Morgan fingerprint density at radius 3 is 0.787 bits per heavy atom. The minimum Gasteiger partial charge on any atom is -0.466 e. The fourth-order valence-electron chi connectivity index (χ4n) is 6.43. The van der Waals surface area contributed by atoms with Gasteiger partial charge in [0.15, 0.2) is 0 Å². The largest absolute Gasteiger partial charge is 0.466 e. The fourth-order valence-corrected chi connectivity index (χ4v) is 6.43. The van der Waals surface area contributed by atoms with Crippen LogP contribution >= 0.6 is 0 Å². The topological polar surface area (TPSA) is 52.6 Å². The first-order valence-corrected chi connectivity index (χ1v) is 21.2. The summed E-state index contributed by atoms with van der Waals surface area (Å²) in [6.07, 6.45) is 40.6. The molecule has 280 valence electrons. The SMILES string of the molecule is CC(C)CCCCCCCCCCCCCCOC(=O)CCCCCCCC(=O)OCCCCCCCCCCCCCCC(C)C. The third kappa shape index (κ3) is 41.0. The van der Waals surface area contributed by atoms with Crippen LogP contribution < -0.4 is 0 Å². The maximum atomic E-state index is 12.0. The molecule has 0 rings (SSSR count). The van der Waals surface area contributed by atoms with Gasteiger partial charge in [-0.25, -0.2) is 0 Å². The van der Waals surface area contributed by atoms with Crippen molar-refractivity contribution in [1.29, 1.82) is 0 Å². The molecule has 0 unspecified atom stereocenters. The van der Waals surface area contributed by atoms with Crippen LogP contribution in [0.25, 0.3) is 0 Å². The summed E-state index contributed by atoms with van der Waals surface area (Å²) in [4.78, 5) is 23.9. The smallest absolute Gasteiger partial charge is 0.305 e. The normalized spacial score (nSPS) is 11.5. The van der Waals surface area contributed by atoms with Gasteiger partial charge in [0.1, 0.15) is 0 Å². The molecule has 47 heavy (non-hydrogen) atoms. The van der Waals surface area contributed by atoms with E-state index in [0.717, 1.165) is 56.8 Å². The van der Waals surface area contributed by atoms with E-state index in [-0.39, 0.29) is 11.9 Å². The standard InChI is InChI=1S/C43H84O4/c1-40(2)34-28-22-17-13-9-5-7-11-15-19-26-32-38-46-42(44)36-30-24-21-25-31-37-43(45)47-39-33-27-20-16-12-8-6-10-14-18-23-29-35-41(3)4/h40-41H,5-39H2,1-4H3. The minimum atomic E-state index is -0.0453. The Morgan fingerprint density at radius 2 is 0.532 bits per heavy atom. The van der Waals surface area contributed by atoms with Gasteiger partial charge in [0, 0.05) is 12.8 Å². The predicted molar refractivity (Wildman–Crippen MR) is 204 cm³/mol. The van der Waals surface area contributed by atoms with Gasteiger partial charge in [-0.15, -0.1) is 0 Å².